The van der Waals surface area contributed by atoms with Crippen LogP contribution in [0.2, 0.25) is 0 Å². The van der Waals surface area contributed by atoms with Crippen molar-refractivity contribution >= 4 is 26.0 Å². The quantitative estimate of drug-likeness (QED) is 0.825. The first kappa shape index (κ1) is 13.6. The summed E-state index contributed by atoms with van der Waals surface area (Å²) in [6.07, 6.45) is 5.55. The molecule has 0 spiro atoms. The van der Waals surface area contributed by atoms with Gasteiger partial charge in [0.1, 0.15) is 0 Å². The third kappa shape index (κ3) is 2.36. The van der Waals surface area contributed by atoms with Gasteiger partial charge >= 0.3 is 0 Å². The second-order valence-electron chi connectivity index (χ2n) is 5.45. The molecule has 1 saturated heterocycles. The van der Waals surface area contributed by atoms with Crippen LogP contribution in [-0.4, -0.2) is 25.3 Å². The molecule has 2 atom stereocenters. The highest BCUT2D eigenvalue weighted by molar-refractivity contribution is 9.10. The fourth-order valence-corrected chi connectivity index (χ4v) is 6.21. The van der Waals surface area contributed by atoms with Crippen molar-refractivity contribution < 1.29 is 8.42 Å². The predicted octanol–water partition coefficient (Wildman–Crippen LogP) is 3.40. The second-order valence-corrected chi connectivity index (χ2v) is 8.16. The predicted molar refractivity (Wildman–Crippen MR) is 78.4 cm³/mol. The van der Waals surface area contributed by atoms with E-state index in [2.05, 4.69) is 15.9 Å². The minimum Gasteiger partial charge on any atom is -0.207 e. The van der Waals surface area contributed by atoms with E-state index in [1.54, 1.807) is 22.5 Å². The van der Waals surface area contributed by atoms with Gasteiger partial charge in [-0.3, -0.25) is 0 Å². The van der Waals surface area contributed by atoms with Crippen molar-refractivity contribution in [3.05, 3.63) is 28.7 Å². The molecular weight excluding hydrogens is 326 g/mol. The first-order valence-electron chi connectivity index (χ1n) is 6.87. The average Bonchev–Trinajstić information content (AvgIpc) is 2.86. The Labute approximate surface area is 123 Å². The van der Waals surface area contributed by atoms with Gasteiger partial charge in [-0.1, -0.05) is 18.6 Å². The van der Waals surface area contributed by atoms with Crippen LogP contribution >= 0.6 is 15.9 Å². The Morgan fingerprint density at radius 1 is 1.11 bits per heavy atom. The molecule has 3 nitrogen and oxygen atoms in total. The highest BCUT2D eigenvalue weighted by Gasteiger charge is 2.41. The molecule has 5 heteroatoms. The van der Waals surface area contributed by atoms with E-state index in [9.17, 15) is 8.42 Å². The fourth-order valence-electron chi connectivity index (χ4n) is 3.49. The standard InChI is InChI=1S/C14H18BrNO2S/c15-12-7-1-2-9-14(12)19(17,18)16-10-4-6-11-5-3-8-13(11)16/h1-2,7,9,11,13H,3-6,8,10H2. The number of hydrogen-bond acceptors (Lipinski definition) is 2. The van der Waals surface area contributed by atoms with Gasteiger partial charge in [-0.2, -0.15) is 4.31 Å². The van der Waals surface area contributed by atoms with Crippen molar-refractivity contribution in [1.82, 2.24) is 4.31 Å². The van der Waals surface area contributed by atoms with Gasteiger partial charge in [0, 0.05) is 17.1 Å². The lowest BCUT2D eigenvalue weighted by molar-refractivity contribution is 0.202. The monoisotopic (exact) mass is 343 g/mol. The molecule has 0 radical (unpaired) electrons. The van der Waals surface area contributed by atoms with Crippen molar-refractivity contribution in [2.45, 2.75) is 43.0 Å². The fraction of sp³-hybridized carbons (Fsp3) is 0.571. The largest absolute Gasteiger partial charge is 0.244 e. The summed E-state index contributed by atoms with van der Waals surface area (Å²) < 4.78 is 28.1. The number of halogens is 1. The Bertz CT molecular complexity index is 573. The molecule has 1 aromatic rings. The summed E-state index contributed by atoms with van der Waals surface area (Å²) in [6, 6.07) is 7.35. The maximum Gasteiger partial charge on any atom is 0.244 e. The first-order valence-corrected chi connectivity index (χ1v) is 9.10. The number of sulfonamides is 1. The van der Waals surface area contributed by atoms with Crippen molar-refractivity contribution in [2.24, 2.45) is 5.92 Å². The van der Waals surface area contributed by atoms with Gasteiger partial charge in [-0.25, -0.2) is 8.42 Å². The number of rotatable bonds is 2. The van der Waals surface area contributed by atoms with E-state index in [-0.39, 0.29) is 6.04 Å². The van der Waals surface area contributed by atoms with Crippen LogP contribution in [0.1, 0.15) is 32.1 Å². The van der Waals surface area contributed by atoms with Crippen LogP contribution in [0.3, 0.4) is 0 Å². The Hall–Kier alpha value is -0.390. The van der Waals surface area contributed by atoms with Gasteiger partial charge in [-0.15, -0.1) is 0 Å². The molecule has 104 valence electrons. The summed E-state index contributed by atoms with van der Waals surface area (Å²) in [4.78, 5) is 0.405. The normalized spacial score (nSPS) is 28.3. The lowest BCUT2D eigenvalue weighted by Crippen LogP contribution is -2.46. The van der Waals surface area contributed by atoms with E-state index < -0.39 is 10.0 Å². The highest BCUT2D eigenvalue weighted by Crippen LogP contribution is 2.40. The summed E-state index contributed by atoms with van der Waals surface area (Å²) in [6.45, 7) is 0.671. The molecule has 3 rings (SSSR count). The van der Waals surface area contributed by atoms with Crippen molar-refractivity contribution in [1.29, 1.82) is 0 Å². The van der Waals surface area contributed by atoms with Crippen LogP contribution in [0.25, 0.3) is 0 Å². The van der Waals surface area contributed by atoms with Crippen LogP contribution in [0.5, 0.6) is 0 Å². The van der Waals surface area contributed by atoms with E-state index in [4.69, 9.17) is 0 Å². The maximum absolute atomic E-state index is 12.8. The lowest BCUT2D eigenvalue weighted by atomic mass is 9.94. The topological polar surface area (TPSA) is 37.4 Å². The van der Waals surface area contributed by atoms with Gasteiger partial charge in [0.25, 0.3) is 0 Å². The van der Waals surface area contributed by atoms with E-state index in [1.807, 2.05) is 6.07 Å². The Kier molecular flexibility index (Phi) is 3.71. The highest BCUT2D eigenvalue weighted by atomic mass is 79.9. The molecule has 2 fully saturated rings. The molecule has 0 amide bonds. The number of benzene rings is 1. The van der Waals surface area contributed by atoms with Crippen LogP contribution in [0, 0.1) is 5.92 Å². The van der Waals surface area contributed by atoms with Crippen LogP contribution in [-0.2, 0) is 10.0 Å². The molecule has 2 aliphatic rings. The van der Waals surface area contributed by atoms with Gasteiger partial charge in [-0.05, 0) is 59.7 Å². The molecule has 1 aromatic carbocycles. The Balaban J connectivity index is 1.98. The van der Waals surface area contributed by atoms with Gasteiger partial charge in [0.2, 0.25) is 10.0 Å². The second kappa shape index (κ2) is 5.19. The lowest BCUT2D eigenvalue weighted by Gasteiger charge is -2.36. The van der Waals surface area contributed by atoms with E-state index in [1.165, 1.54) is 12.8 Å². The molecule has 1 heterocycles. The zero-order valence-electron chi connectivity index (χ0n) is 10.8. The van der Waals surface area contributed by atoms with Crippen LogP contribution < -0.4 is 0 Å². The van der Waals surface area contributed by atoms with Crippen LogP contribution in [0.4, 0.5) is 0 Å². The van der Waals surface area contributed by atoms with Crippen molar-refractivity contribution in [3.63, 3.8) is 0 Å². The number of nitrogens with zero attached hydrogens (tertiary/aromatic N) is 1. The summed E-state index contributed by atoms with van der Waals surface area (Å²) in [7, 11) is -3.36. The van der Waals surface area contributed by atoms with Crippen molar-refractivity contribution in [2.75, 3.05) is 6.54 Å². The molecule has 1 saturated carbocycles. The summed E-state index contributed by atoms with van der Waals surface area (Å²) >= 11 is 3.37. The van der Waals surface area contributed by atoms with Gasteiger partial charge < -0.3 is 0 Å². The zero-order valence-corrected chi connectivity index (χ0v) is 13.2. The molecule has 1 aliphatic heterocycles. The van der Waals surface area contributed by atoms with Gasteiger partial charge in [0.15, 0.2) is 0 Å². The SMILES string of the molecule is O=S(=O)(c1ccccc1Br)N1CCCC2CCCC21. The summed E-state index contributed by atoms with van der Waals surface area (Å²) in [5, 5.41) is 0. The van der Waals surface area contributed by atoms with E-state index in [0.717, 1.165) is 19.3 Å². The third-order valence-corrected chi connectivity index (χ3v) is 7.30. The molecule has 0 N–H and O–H groups in total. The first-order chi connectivity index (χ1) is 9.10. The molecule has 0 bridgehead atoms. The summed E-state index contributed by atoms with van der Waals surface area (Å²) in [5.74, 6) is 0.575. The molecule has 1 aliphatic carbocycles. The third-order valence-electron chi connectivity index (χ3n) is 4.37. The van der Waals surface area contributed by atoms with E-state index >= 15 is 0 Å². The summed E-state index contributed by atoms with van der Waals surface area (Å²) in [5.41, 5.74) is 0. The minimum atomic E-state index is -3.36. The van der Waals surface area contributed by atoms with Crippen molar-refractivity contribution in [3.8, 4) is 0 Å². The maximum atomic E-state index is 12.8. The van der Waals surface area contributed by atoms with Crippen LogP contribution in [0.15, 0.2) is 33.6 Å². The van der Waals surface area contributed by atoms with E-state index in [0.29, 0.717) is 21.8 Å². The van der Waals surface area contributed by atoms with Gasteiger partial charge in [0.05, 0.1) is 4.90 Å². The number of piperidine rings is 1. The molecule has 0 aromatic heterocycles. The molecule has 19 heavy (non-hydrogen) atoms. The number of hydrogen-bond donors (Lipinski definition) is 0. The Morgan fingerprint density at radius 3 is 2.63 bits per heavy atom. The number of fused-ring (bicyclic) bond motifs is 1. The smallest absolute Gasteiger partial charge is 0.207 e. The molecular formula is C14H18BrNO2S. The zero-order chi connectivity index (χ0) is 13.5. The Morgan fingerprint density at radius 2 is 1.84 bits per heavy atom. The molecule has 2 unspecified atom stereocenters. The average molecular weight is 344 g/mol. The minimum absolute atomic E-state index is 0.228.